The van der Waals surface area contributed by atoms with E-state index in [-0.39, 0.29) is 66.9 Å². The zero-order valence-corrected chi connectivity index (χ0v) is 37.1. The summed E-state index contributed by atoms with van der Waals surface area (Å²) in [6.07, 6.45) is 6.86. The standard InChI is InChI=1S/C46H57N5O12S/c1-5-25-60-46-42(50(4)64(58,59)36-20-15-33(16-21-36)48-30(3)54)28-40(49-61-29-31-13-17-34(18-14-31)51(56)57)38-26-32(11-7-9-23-52)37(12-8-10-24-53)43(44(38)46)39-27-35(19-22-41(39)63-46)62-45(55)47-6-2/h5,13-22,26-27,32,37,42-44,52-53H,1,6-12,23-25,28-29H2,2-4H3,(H,47,55)(H,48,54)/t32-,37+,42-,43+,44+,46+/m0/s1. The molecule has 0 bridgehead atoms. The monoisotopic (exact) mass is 903 g/mol. The maximum absolute atomic E-state index is 14.8. The number of hydrogen-bond acceptors (Lipinski definition) is 13. The molecule has 1 aliphatic heterocycles. The summed E-state index contributed by atoms with van der Waals surface area (Å²) in [6, 6.07) is 15.7. The molecule has 64 heavy (non-hydrogen) atoms. The molecule has 1 heterocycles. The van der Waals surface area contributed by atoms with E-state index >= 15 is 0 Å². The summed E-state index contributed by atoms with van der Waals surface area (Å²) < 4.78 is 50.6. The third-order valence-corrected chi connectivity index (χ3v) is 13.9. The molecule has 17 nitrogen and oxygen atoms in total. The number of fused-ring (bicyclic) bond motifs is 2. The Morgan fingerprint density at radius 2 is 1.75 bits per heavy atom. The predicted octanol–water partition coefficient (Wildman–Crippen LogP) is 6.82. The van der Waals surface area contributed by atoms with Crippen LogP contribution in [-0.2, 0) is 31.0 Å². The highest BCUT2D eigenvalue weighted by atomic mass is 32.2. The fourth-order valence-electron chi connectivity index (χ4n) is 9.20. The molecule has 18 heteroatoms. The molecule has 0 aromatic heterocycles. The van der Waals surface area contributed by atoms with E-state index in [9.17, 15) is 38.3 Å². The van der Waals surface area contributed by atoms with Gasteiger partial charge >= 0.3 is 6.09 Å². The van der Waals surface area contributed by atoms with Gasteiger partial charge in [0, 0.05) is 69.5 Å². The number of carbonyl (C=O) groups is 2. The molecule has 1 saturated carbocycles. The van der Waals surface area contributed by atoms with Crippen LogP contribution < -0.4 is 20.1 Å². The van der Waals surface area contributed by atoms with Crippen LogP contribution in [0.15, 0.2) is 101 Å². The quantitative estimate of drug-likeness (QED) is 0.0374. The van der Waals surface area contributed by atoms with E-state index in [0.29, 0.717) is 78.9 Å². The van der Waals surface area contributed by atoms with Gasteiger partial charge in [-0.25, -0.2) is 13.2 Å². The first-order valence-corrected chi connectivity index (χ1v) is 23.0. The van der Waals surface area contributed by atoms with Crippen molar-refractivity contribution in [3.63, 3.8) is 0 Å². The number of unbranched alkanes of at least 4 members (excludes halogenated alkanes) is 2. The molecular weight excluding hydrogens is 847 g/mol. The maximum atomic E-state index is 14.8. The number of non-ortho nitro benzene ring substituents is 1. The number of aliphatic hydroxyl groups is 2. The Morgan fingerprint density at radius 3 is 2.39 bits per heavy atom. The molecule has 1 fully saturated rings. The van der Waals surface area contributed by atoms with Gasteiger partial charge in [0.15, 0.2) is 0 Å². The van der Waals surface area contributed by atoms with Gasteiger partial charge in [-0.05, 0) is 110 Å². The molecule has 3 aromatic rings. The summed E-state index contributed by atoms with van der Waals surface area (Å²) in [4.78, 5) is 41.3. The summed E-state index contributed by atoms with van der Waals surface area (Å²) in [6.45, 7) is 7.34. The molecule has 4 N–H and O–H groups in total. The number of carbonyl (C=O) groups excluding carboxylic acids is 2. The molecule has 6 rings (SSSR count). The molecule has 2 amide bonds. The van der Waals surface area contributed by atoms with Crippen LogP contribution >= 0.6 is 0 Å². The van der Waals surface area contributed by atoms with Crippen molar-refractivity contribution in [1.82, 2.24) is 9.62 Å². The van der Waals surface area contributed by atoms with Crippen LogP contribution in [0.2, 0.25) is 0 Å². The Kier molecular flexibility index (Phi) is 15.9. The second-order valence-electron chi connectivity index (χ2n) is 16.1. The number of oxime groups is 1. The van der Waals surface area contributed by atoms with Gasteiger partial charge in [-0.3, -0.25) is 14.9 Å². The second kappa shape index (κ2) is 21.3. The fourth-order valence-corrected chi connectivity index (χ4v) is 10.6. The Bertz CT molecular complexity index is 2320. The lowest BCUT2D eigenvalue weighted by molar-refractivity contribution is -0.384. The maximum Gasteiger partial charge on any atom is 0.412 e. The third kappa shape index (κ3) is 10.5. The fraction of sp³-hybridized carbons (Fsp3) is 0.457. The molecule has 0 radical (unpaired) electrons. The van der Waals surface area contributed by atoms with Crippen LogP contribution in [0.4, 0.5) is 16.2 Å². The van der Waals surface area contributed by atoms with Crippen LogP contribution in [0.5, 0.6) is 11.5 Å². The van der Waals surface area contributed by atoms with Crippen LogP contribution in [0, 0.1) is 27.9 Å². The highest BCUT2D eigenvalue weighted by Gasteiger charge is 2.65. The van der Waals surface area contributed by atoms with Crippen molar-refractivity contribution in [3.05, 3.63) is 112 Å². The predicted molar refractivity (Wildman–Crippen MR) is 238 cm³/mol. The zero-order valence-electron chi connectivity index (χ0n) is 36.3. The number of sulfonamides is 1. The lowest BCUT2D eigenvalue weighted by Crippen LogP contribution is -2.69. The molecule has 0 spiro atoms. The van der Waals surface area contributed by atoms with E-state index in [1.54, 1.807) is 43.3 Å². The number of nitro benzene ring substituents is 1. The van der Waals surface area contributed by atoms with Gasteiger partial charge in [-0.1, -0.05) is 30.1 Å². The Balaban J connectivity index is 1.57. The first kappa shape index (κ1) is 47.8. The Morgan fingerprint density at radius 1 is 1.05 bits per heavy atom. The van der Waals surface area contributed by atoms with E-state index in [0.717, 1.165) is 0 Å². The number of ether oxygens (including phenoxy) is 3. The van der Waals surface area contributed by atoms with E-state index in [1.165, 1.54) is 54.7 Å². The smallest absolute Gasteiger partial charge is 0.412 e. The lowest BCUT2D eigenvalue weighted by Gasteiger charge is -2.59. The number of aliphatic hydroxyl groups excluding tert-OH is 2. The van der Waals surface area contributed by atoms with Crippen LogP contribution in [0.1, 0.15) is 75.8 Å². The van der Waals surface area contributed by atoms with Crippen molar-refractivity contribution < 1.29 is 52.2 Å². The van der Waals surface area contributed by atoms with Crippen molar-refractivity contribution in [2.75, 3.05) is 38.7 Å². The van der Waals surface area contributed by atoms with Crippen molar-refractivity contribution in [3.8, 4) is 11.5 Å². The molecule has 344 valence electrons. The second-order valence-corrected chi connectivity index (χ2v) is 18.1. The van der Waals surface area contributed by atoms with Crippen LogP contribution in [0.3, 0.4) is 0 Å². The van der Waals surface area contributed by atoms with E-state index < -0.39 is 44.7 Å². The number of rotatable bonds is 21. The van der Waals surface area contributed by atoms with Crippen molar-refractivity contribution in [2.24, 2.45) is 22.9 Å². The molecule has 6 atom stereocenters. The molecule has 0 saturated heterocycles. The number of allylic oxidation sites excluding steroid dienone is 1. The molecule has 2 aliphatic carbocycles. The Labute approximate surface area is 373 Å². The van der Waals surface area contributed by atoms with Gasteiger partial charge in [0.25, 0.3) is 5.69 Å². The number of likely N-dealkylation sites (N-methyl/N-ethyl adjacent to an activating group) is 1. The van der Waals surface area contributed by atoms with Gasteiger partial charge < -0.3 is 39.9 Å². The minimum absolute atomic E-state index is 0.00682. The van der Waals surface area contributed by atoms with Gasteiger partial charge in [0.1, 0.15) is 18.1 Å². The van der Waals surface area contributed by atoms with E-state index in [1.807, 2.05) is 0 Å². The zero-order chi connectivity index (χ0) is 46.0. The average Bonchev–Trinajstić information content (AvgIpc) is 3.27. The average molecular weight is 904 g/mol. The molecule has 3 aliphatic rings. The number of anilines is 1. The number of nitro groups is 1. The van der Waals surface area contributed by atoms with Gasteiger partial charge in [0.05, 0.1) is 34.1 Å². The Hall–Kier alpha value is -5.66. The SMILES string of the molecule is C=CCO[C@@]12Oc3ccc(OC(=O)NCC)cc3[C@H]3[C@H](CCCCO)[C@@H](CCCCO)C=C(C(=NOCc4ccc([N+](=O)[O-])cc4)C[C@@H]1N(C)S(=O)(=O)c1ccc(NC(C)=O)cc1)[C@H]32. The van der Waals surface area contributed by atoms with Crippen LogP contribution in [-0.4, -0.2) is 90.8 Å². The van der Waals surface area contributed by atoms with E-state index in [4.69, 9.17) is 24.2 Å². The summed E-state index contributed by atoms with van der Waals surface area (Å²) in [7, 11) is -2.87. The summed E-state index contributed by atoms with van der Waals surface area (Å²) in [5, 5.41) is 41.1. The lowest BCUT2D eigenvalue weighted by atomic mass is 9.55. The molecule has 3 aromatic carbocycles. The summed E-state index contributed by atoms with van der Waals surface area (Å²) in [5.41, 5.74) is 2.82. The van der Waals surface area contributed by atoms with Gasteiger partial charge in [-0.15, -0.1) is 6.58 Å². The minimum atomic E-state index is -4.33. The highest BCUT2D eigenvalue weighted by Crippen LogP contribution is 2.62. The number of nitrogens with one attached hydrogen (secondary N) is 2. The number of amides is 2. The van der Waals surface area contributed by atoms with Crippen LogP contribution in [0.25, 0.3) is 0 Å². The largest absolute Gasteiger partial charge is 0.460 e. The highest BCUT2D eigenvalue weighted by molar-refractivity contribution is 7.89. The topological polar surface area (TPSA) is 228 Å². The number of benzene rings is 3. The van der Waals surface area contributed by atoms with Crippen molar-refractivity contribution in [1.29, 1.82) is 0 Å². The van der Waals surface area contributed by atoms with Gasteiger partial charge in [-0.2, -0.15) is 4.31 Å². The number of hydrogen-bond donors (Lipinski definition) is 4. The normalized spacial score (nSPS) is 22.9. The number of nitrogens with zero attached hydrogens (tertiary/aromatic N) is 3. The van der Waals surface area contributed by atoms with Crippen molar-refractivity contribution in [2.45, 2.75) is 88.0 Å². The molecule has 0 unspecified atom stereocenters. The summed E-state index contributed by atoms with van der Waals surface area (Å²) >= 11 is 0. The van der Waals surface area contributed by atoms with E-state index in [2.05, 4.69) is 23.3 Å². The van der Waals surface area contributed by atoms with Crippen molar-refractivity contribution >= 4 is 39.1 Å². The first-order valence-electron chi connectivity index (χ1n) is 21.5. The minimum Gasteiger partial charge on any atom is -0.460 e. The van der Waals surface area contributed by atoms with Gasteiger partial charge in [0.2, 0.25) is 21.7 Å². The third-order valence-electron chi connectivity index (χ3n) is 12.0. The first-order chi connectivity index (χ1) is 30.8. The molecular formula is C46H57N5O12S. The summed E-state index contributed by atoms with van der Waals surface area (Å²) in [5.74, 6) is -2.79.